The first-order valence-corrected chi connectivity index (χ1v) is 6.64. The van der Waals surface area contributed by atoms with E-state index < -0.39 is 0 Å². The summed E-state index contributed by atoms with van der Waals surface area (Å²) >= 11 is 0. The molecule has 1 atom stereocenters. The van der Waals surface area contributed by atoms with E-state index in [0.29, 0.717) is 12.5 Å². The van der Waals surface area contributed by atoms with E-state index in [4.69, 9.17) is 5.73 Å². The van der Waals surface area contributed by atoms with Crippen molar-refractivity contribution in [3.05, 3.63) is 0 Å². The molecule has 0 radical (unpaired) electrons. The maximum absolute atomic E-state index is 11.7. The molecule has 0 aromatic carbocycles. The van der Waals surface area contributed by atoms with E-state index in [1.54, 1.807) is 0 Å². The van der Waals surface area contributed by atoms with Gasteiger partial charge in [-0.15, -0.1) is 0 Å². The van der Waals surface area contributed by atoms with E-state index in [0.717, 1.165) is 19.5 Å². The summed E-state index contributed by atoms with van der Waals surface area (Å²) < 4.78 is 0. The molecule has 1 fully saturated rings. The Hall–Kier alpha value is -0.610. The molecule has 0 saturated carbocycles. The summed E-state index contributed by atoms with van der Waals surface area (Å²) in [6.07, 6.45) is 5.02. The van der Waals surface area contributed by atoms with Crippen molar-refractivity contribution in [2.45, 2.75) is 57.5 Å². The fourth-order valence-electron chi connectivity index (χ4n) is 2.16. The maximum atomic E-state index is 11.7. The van der Waals surface area contributed by atoms with Crippen molar-refractivity contribution < 1.29 is 4.79 Å². The number of nitrogens with one attached hydrogen (secondary N) is 1. The van der Waals surface area contributed by atoms with Gasteiger partial charge in [0.1, 0.15) is 0 Å². The first kappa shape index (κ1) is 14.5. The lowest BCUT2D eigenvalue weighted by molar-refractivity contribution is -0.121. The number of amides is 1. The van der Waals surface area contributed by atoms with Crippen LogP contribution in [-0.2, 0) is 4.79 Å². The van der Waals surface area contributed by atoms with E-state index in [9.17, 15) is 4.79 Å². The van der Waals surface area contributed by atoms with Gasteiger partial charge in [-0.3, -0.25) is 4.79 Å². The minimum atomic E-state index is -0.251. The van der Waals surface area contributed by atoms with Crippen LogP contribution in [0.3, 0.4) is 0 Å². The average molecular weight is 241 g/mol. The van der Waals surface area contributed by atoms with Gasteiger partial charge in [0.15, 0.2) is 0 Å². The molecule has 0 aliphatic carbocycles. The lowest BCUT2D eigenvalue weighted by Gasteiger charge is -2.32. The minimum Gasteiger partial charge on any atom is -0.355 e. The van der Waals surface area contributed by atoms with Crippen molar-refractivity contribution >= 4 is 5.91 Å². The zero-order chi connectivity index (χ0) is 12.9. The van der Waals surface area contributed by atoms with Gasteiger partial charge in [-0.25, -0.2) is 0 Å². The zero-order valence-corrected chi connectivity index (χ0v) is 11.5. The fourth-order valence-corrected chi connectivity index (χ4v) is 2.16. The molecule has 0 aromatic heterocycles. The summed E-state index contributed by atoms with van der Waals surface area (Å²) in [5.74, 6) is 0.127. The van der Waals surface area contributed by atoms with Crippen molar-refractivity contribution in [3.8, 4) is 0 Å². The van der Waals surface area contributed by atoms with Crippen LogP contribution in [0.5, 0.6) is 0 Å². The summed E-state index contributed by atoms with van der Waals surface area (Å²) in [5, 5.41) is 3.02. The summed E-state index contributed by atoms with van der Waals surface area (Å²) in [4.78, 5) is 14.0. The van der Waals surface area contributed by atoms with Gasteiger partial charge in [-0.1, -0.05) is 6.42 Å². The Labute approximate surface area is 105 Å². The monoisotopic (exact) mass is 241 g/mol. The highest BCUT2D eigenvalue weighted by molar-refractivity contribution is 5.75. The summed E-state index contributed by atoms with van der Waals surface area (Å²) in [6.45, 7) is 5.83. The predicted molar refractivity (Wildman–Crippen MR) is 70.8 cm³/mol. The minimum absolute atomic E-state index is 0.127. The number of likely N-dealkylation sites (tertiary alicyclic amines) is 1. The quantitative estimate of drug-likeness (QED) is 0.758. The molecule has 1 aliphatic rings. The maximum Gasteiger partial charge on any atom is 0.220 e. The number of hydrogen-bond donors (Lipinski definition) is 2. The summed E-state index contributed by atoms with van der Waals surface area (Å²) in [7, 11) is 2.14. The molecule has 1 aliphatic heterocycles. The number of nitrogens with two attached hydrogens (primary N) is 1. The number of hydrogen-bond acceptors (Lipinski definition) is 3. The number of carbonyl (C=O) groups is 1. The Morgan fingerprint density at radius 3 is 2.76 bits per heavy atom. The number of piperidine rings is 1. The number of carbonyl (C=O) groups excluding carboxylic acids is 1. The average Bonchev–Trinajstić information content (AvgIpc) is 2.24. The van der Waals surface area contributed by atoms with Crippen molar-refractivity contribution in [1.29, 1.82) is 0 Å². The van der Waals surface area contributed by atoms with E-state index in [1.165, 1.54) is 19.3 Å². The second-order valence-corrected chi connectivity index (χ2v) is 5.92. The SMILES string of the molecule is CN1CCCCC1CNC(=O)CCC(C)(C)N. The van der Waals surface area contributed by atoms with E-state index in [2.05, 4.69) is 17.3 Å². The highest BCUT2D eigenvalue weighted by atomic mass is 16.1. The van der Waals surface area contributed by atoms with Crippen LogP contribution >= 0.6 is 0 Å². The second kappa shape index (κ2) is 6.36. The lowest BCUT2D eigenvalue weighted by Crippen LogP contribution is -2.45. The molecule has 1 heterocycles. The van der Waals surface area contributed by atoms with Crippen LogP contribution in [0.2, 0.25) is 0 Å². The standard InChI is InChI=1S/C13H27N3O/c1-13(2,14)8-7-12(17)15-10-11-6-4-5-9-16(11)3/h11H,4-10,14H2,1-3H3,(H,15,17). The van der Waals surface area contributed by atoms with Crippen LogP contribution in [0.1, 0.15) is 46.0 Å². The van der Waals surface area contributed by atoms with E-state index in [-0.39, 0.29) is 11.4 Å². The molecule has 4 nitrogen and oxygen atoms in total. The first-order chi connectivity index (χ1) is 7.88. The second-order valence-electron chi connectivity index (χ2n) is 5.92. The van der Waals surface area contributed by atoms with Gasteiger partial charge in [-0.2, -0.15) is 0 Å². The van der Waals surface area contributed by atoms with Gasteiger partial charge in [0.2, 0.25) is 5.91 Å². The highest BCUT2D eigenvalue weighted by Gasteiger charge is 2.19. The Balaban J connectivity index is 2.19. The van der Waals surface area contributed by atoms with E-state index >= 15 is 0 Å². The van der Waals surface area contributed by atoms with Crippen LogP contribution in [0.15, 0.2) is 0 Å². The third-order valence-corrected chi connectivity index (χ3v) is 3.45. The number of rotatable bonds is 5. The molecule has 4 heteroatoms. The van der Waals surface area contributed by atoms with Crippen LogP contribution in [0.4, 0.5) is 0 Å². The molecular weight excluding hydrogens is 214 g/mol. The van der Waals surface area contributed by atoms with Gasteiger partial charge in [0.25, 0.3) is 0 Å². The Morgan fingerprint density at radius 1 is 1.47 bits per heavy atom. The van der Waals surface area contributed by atoms with Gasteiger partial charge >= 0.3 is 0 Å². The highest BCUT2D eigenvalue weighted by Crippen LogP contribution is 2.14. The van der Waals surface area contributed by atoms with E-state index in [1.807, 2.05) is 13.8 Å². The first-order valence-electron chi connectivity index (χ1n) is 6.64. The number of likely N-dealkylation sites (N-methyl/N-ethyl adjacent to an activating group) is 1. The molecule has 100 valence electrons. The van der Waals surface area contributed by atoms with Crippen molar-refractivity contribution in [2.75, 3.05) is 20.1 Å². The molecule has 0 bridgehead atoms. The largest absolute Gasteiger partial charge is 0.355 e. The normalized spacial score (nSPS) is 22.5. The fraction of sp³-hybridized carbons (Fsp3) is 0.923. The van der Waals surface area contributed by atoms with Gasteiger partial charge in [0.05, 0.1) is 0 Å². The van der Waals surface area contributed by atoms with Crippen molar-refractivity contribution in [2.24, 2.45) is 5.73 Å². The smallest absolute Gasteiger partial charge is 0.220 e. The van der Waals surface area contributed by atoms with Crippen LogP contribution in [0, 0.1) is 0 Å². The Kier molecular flexibility index (Phi) is 5.40. The molecule has 1 amide bonds. The molecule has 1 unspecified atom stereocenters. The third kappa shape index (κ3) is 6.03. The zero-order valence-electron chi connectivity index (χ0n) is 11.5. The Morgan fingerprint density at radius 2 is 2.18 bits per heavy atom. The van der Waals surface area contributed by atoms with Crippen LogP contribution in [0.25, 0.3) is 0 Å². The molecule has 17 heavy (non-hydrogen) atoms. The van der Waals surface area contributed by atoms with Crippen LogP contribution in [-0.4, -0.2) is 42.5 Å². The van der Waals surface area contributed by atoms with Gasteiger partial charge < -0.3 is 16.0 Å². The van der Waals surface area contributed by atoms with Crippen LogP contribution < -0.4 is 11.1 Å². The molecule has 1 rings (SSSR count). The number of nitrogens with zero attached hydrogens (tertiary/aromatic N) is 1. The molecule has 1 saturated heterocycles. The third-order valence-electron chi connectivity index (χ3n) is 3.45. The summed E-state index contributed by atoms with van der Waals surface area (Å²) in [6, 6.07) is 0.513. The molecule has 0 aromatic rings. The van der Waals surface area contributed by atoms with Gasteiger partial charge in [0, 0.05) is 24.5 Å². The van der Waals surface area contributed by atoms with Crippen molar-refractivity contribution in [3.63, 3.8) is 0 Å². The van der Waals surface area contributed by atoms with Crippen molar-refractivity contribution in [1.82, 2.24) is 10.2 Å². The Bertz CT molecular complexity index is 248. The molecule has 0 spiro atoms. The predicted octanol–water partition coefficient (Wildman–Crippen LogP) is 1.10. The molecular formula is C13H27N3O. The topological polar surface area (TPSA) is 58.4 Å². The summed E-state index contributed by atoms with van der Waals surface area (Å²) in [5.41, 5.74) is 5.61. The van der Waals surface area contributed by atoms with Gasteiger partial charge in [-0.05, 0) is 46.7 Å². The molecule has 3 N–H and O–H groups in total. The lowest BCUT2D eigenvalue weighted by atomic mass is 9.99.